The maximum atomic E-state index is 12.7. The summed E-state index contributed by atoms with van der Waals surface area (Å²) < 4.78 is 12.7. The van der Waals surface area contributed by atoms with Gasteiger partial charge in [-0.05, 0) is 62.4 Å². The maximum absolute atomic E-state index is 12.7. The van der Waals surface area contributed by atoms with Crippen LogP contribution in [0.5, 0.6) is 0 Å². The normalized spacial score (nSPS) is 20.9. The second-order valence-electron chi connectivity index (χ2n) is 4.38. The van der Waals surface area contributed by atoms with Gasteiger partial charge in [0.05, 0.1) is 0 Å². The van der Waals surface area contributed by atoms with E-state index in [0.717, 1.165) is 25.4 Å². The van der Waals surface area contributed by atoms with Gasteiger partial charge in [-0.3, -0.25) is 0 Å². The summed E-state index contributed by atoms with van der Waals surface area (Å²) in [4.78, 5) is 0. The van der Waals surface area contributed by atoms with E-state index >= 15 is 0 Å². The van der Waals surface area contributed by atoms with Gasteiger partial charge in [-0.15, -0.1) is 12.4 Å². The van der Waals surface area contributed by atoms with E-state index in [-0.39, 0.29) is 18.2 Å². The molecule has 1 aliphatic heterocycles. The average molecular weight is 244 g/mol. The van der Waals surface area contributed by atoms with Gasteiger partial charge < -0.3 is 5.32 Å². The van der Waals surface area contributed by atoms with Gasteiger partial charge in [0, 0.05) is 0 Å². The molecule has 1 aromatic rings. The van der Waals surface area contributed by atoms with Crippen LogP contribution in [0.15, 0.2) is 24.3 Å². The van der Waals surface area contributed by atoms with Crippen LogP contribution in [0.1, 0.15) is 24.8 Å². The standard InChI is InChI=1S/C13H18FN.ClH/c14-13-5-3-12(4-6-13)10-11-2-1-8-15-9-7-11;/h3-6,11,15H,1-2,7-10H2;1H. The summed E-state index contributed by atoms with van der Waals surface area (Å²) in [6.45, 7) is 2.28. The Hall–Kier alpha value is -0.600. The zero-order valence-corrected chi connectivity index (χ0v) is 10.2. The molecule has 1 fully saturated rings. The lowest BCUT2D eigenvalue weighted by molar-refractivity contribution is 0.469. The first-order valence-corrected chi connectivity index (χ1v) is 5.80. The first-order chi connectivity index (χ1) is 7.34. The van der Waals surface area contributed by atoms with E-state index in [1.54, 1.807) is 12.1 Å². The number of nitrogens with one attached hydrogen (secondary N) is 1. The lowest BCUT2D eigenvalue weighted by Crippen LogP contribution is -2.14. The van der Waals surface area contributed by atoms with Crippen molar-refractivity contribution in [3.05, 3.63) is 35.6 Å². The zero-order chi connectivity index (χ0) is 10.5. The molecule has 3 heteroatoms. The minimum absolute atomic E-state index is 0. The SMILES string of the molecule is Cl.Fc1ccc(CC2CCCNCC2)cc1. The predicted molar refractivity (Wildman–Crippen MR) is 67.6 cm³/mol. The molecule has 1 aliphatic rings. The second-order valence-corrected chi connectivity index (χ2v) is 4.38. The molecule has 0 spiro atoms. The summed E-state index contributed by atoms with van der Waals surface area (Å²) >= 11 is 0. The number of rotatable bonds is 2. The van der Waals surface area contributed by atoms with Gasteiger partial charge >= 0.3 is 0 Å². The Morgan fingerprint density at radius 1 is 1.12 bits per heavy atom. The van der Waals surface area contributed by atoms with Crippen LogP contribution < -0.4 is 5.32 Å². The molecule has 1 N–H and O–H groups in total. The van der Waals surface area contributed by atoms with Crippen molar-refractivity contribution < 1.29 is 4.39 Å². The van der Waals surface area contributed by atoms with Crippen LogP contribution in [0.2, 0.25) is 0 Å². The minimum Gasteiger partial charge on any atom is -0.317 e. The number of benzene rings is 1. The molecule has 1 nitrogen and oxygen atoms in total. The monoisotopic (exact) mass is 243 g/mol. The molecule has 2 rings (SSSR count). The summed E-state index contributed by atoms with van der Waals surface area (Å²) in [6.07, 6.45) is 4.91. The molecule has 16 heavy (non-hydrogen) atoms. The lowest BCUT2D eigenvalue weighted by atomic mass is 9.93. The van der Waals surface area contributed by atoms with Crippen LogP contribution in [0.4, 0.5) is 4.39 Å². The largest absolute Gasteiger partial charge is 0.317 e. The van der Waals surface area contributed by atoms with Gasteiger partial charge in [0.1, 0.15) is 5.82 Å². The molecular weight excluding hydrogens is 225 g/mol. The van der Waals surface area contributed by atoms with Crippen molar-refractivity contribution in [1.29, 1.82) is 0 Å². The second kappa shape index (κ2) is 6.87. The Morgan fingerprint density at radius 2 is 1.88 bits per heavy atom. The van der Waals surface area contributed by atoms with Crippen molar-refractivity contribution in [3.63, 3.8) is 0 Å². The number of hydrogen-bond donors (Lipinski definition) is 1. The topological polar surface area (TPSA) is 12.0 Å². The zero-order valence-electron chi connectivity index (χ0n) is 9.42. The quantitative estimate of drug-likeness (QED) is 0.841. The van der Waals surface area contributed by atoms with Crippen molar-refractivity contribution in [2.45, 2.75) is 25.7 Å². The Bertz CT molecular complexity index is 291. The highest BCUT2D eigenvalue weighted by Crippen LogP contribution is 2.19. The van der Waals surface area contributed by atoms with E-state index in [1.165, 1.54) is 24.8 Å². The third kappa shape index (κ3) is 4.11. The van der Waals surface area contributed by atoms with Crippen molar-refractivity contribution in [2.75, 3.05) is 13.1 Å². The Morgan fingerprint density at radius 3 is 2.62 bits per heavy atom. The molecule has 0 bridgehead atoms. The number of hydrogen-bond acceptors (Lipinski definition) is 1. The molecule has 1 saturated heterocycles. The molecule has 0 saturated carbocycles. The molecule has 90 valence electrons. The maximum Gasteiger partial charge on any atom is 0.123 e. The molecule has 1 atom stereocenters. The minimum atomic E-state index is -0.138. The summed E-state index contributed by atoms with van der Waals surface area (Å²) in [5.41, 5.74) is 1.27. The van der Waals surface area contributed by atoms with Crippen LogP contribution in [0.25, 0.3) is 0 Å². The van der Waals surface area contributed by atoms with Gasteiger partial charge in [-0.2, -0.15) is 0 Å². The molecule has 0 aliphatic carbocycles. The highest BCUT2D eigenvalue weighted by Gasteiger charge is 2.12. The molecule has 0 amide bonds. The average Bonchev–Trinajstić information content (AvgIpc) is 2.50. The highest BCUT2D eigenvalue weighted by molar-refractivity contribution is 5.85. The number of halogens is 2. The van der Waals surface area contributed by atoms with E-state index in [4.69, 9.17) is 0 Å². The molecule has 1 aromatic carbocycles. The van der Waals surface area contributed by atoms with Crippen molar-refractivity contribution in [2.24, 2.45) is 5.92 Å². The van der Waals surface area contributed by atoms with Gasteiger partial charge in [0.15, 0.2) is 0 Å². The summed E-state index contributed by atoms with van der Waals surface area (Å²) in [5, 5.41) is 3.41. The van der Waals surface area contributed by atoms with Crippen LogP contribution in [0, 0.1) is 11.7 Å². The summed E-state index contributed by atoms with van der Waals surface area (Å²) in [7, 11) is 0. The van der Waals surface area contributed by atoms with E-state index in [0.29, 0.717) is 0 Å². The van der Waals surface area contributed by atoms with E-state index in [9.17, 15) is 4.39 Å². The lowest BCUT2D eigenvalue weighted by Gasteiger charge is -2.13. The summed E-state index contributed by atoms with van der Waals surface area (Å²) in [6, 6.07) is 6.94. The van der Waals surface area contributed by atoms with Crippen molar-refractivity contribution >= 4 is 12.4 Å². The van der Waals surface area contributed by atoms with Gasteiger partial charge in [-0.1, -0.05) is 12.1 Å². The third-order valence-electron chi connectivity index (χ3n) is 3.13. The van der Waals surface area contributed by atoms with Crippen LogP contribution >= 0.6 is 12.4 Å². The van der Waals surface area contributed by atoms with Crippen LogP contribution in [-0.2, 0) is 6.42 Å². The van der Waals surface area contributed by atoms with Gasteiger partial charge in [-0.25, -0.2) is 4.39 Å². The molecular formula is C13H19ClFN. The van der Waals surface area contributed by atoms with Crippen molar-refractivity contribution in [1.82, 2.24) is 5.32 Å². The molecule has 1 unspecified atom stereocenters. The molecule has 1 heterocycles. The predicted octanol–water partition coefficient (Wildman–Crippen LogP) is 3.18. The Labute approximate surface area is 103 Å². The molecule has 0 radical (unpaired) electrons. The van der Waals surface area contributed by atoms with Gasteiger partial charge in [0.25, 0.3) is 0 Å². The smallest absolute Gasteiger partial charge is 0.123 e. The van der Waals surface area contributed by atoms with E-state index in [1.807, 2.05) is 12.1 Å². The third-order valence-corrected chi connectivity index (χ3v) is 3.13. The summed E-state index contributed by atoms with van der Waals surface area (Å²) in [5.74, 6) is 0.631. The fourth-order valence-corrected chi connectivity index (χ4v) is 2.25. The van der Waals surface area contributed by atoms with Crippen LogP contribution in [-0.4, -0.2) is 13.1 Å². The highest BCUT2D eigenvalue weighted by atomic mass is 35.5. The Kier molecular flexibility index (Phi) is 5.78. The van der Waals surface area contributed by atoms with E-state index in [2.05, 4.69) is 5.32 Å². The van der Waals surface area contributed by atoms with Crippen molar-refractivity contribution in [3.8, 4) is 0 Å². The Balaban J connectivity index is 0.00000128. The van der Waals surface area contributed by atoms with Gasteiger partial charge in [0.2, 0.25) is 0 Å². The first kappa shape index (κ1) is 13.5. The molecule has 0 aromatic heterocycles. The fourth-order valence-electron chi connectivity index (χ4n) is 2.25. The first-order valence-electron chi connectivity index (χ1n) is 5.80. The van der Waals surface area contributed by atoms with Crippen LogP contribution in [0.3, 0.4) is 0 Å². The fraction of sp³-hybridized carbons (Fsp3) is 0.538. The van der Waals surface area contributed by atoms with E-state index < -0.39 is 0 Å².